The Kier molecular flexibility index (Phi) is 4.88. The maximum atomic E-state index is 13.4. The van der Waals surface area contributed by atoms with Crippen LogP contribution < -0.4 is 5.56 Å². The van der Waals surface area contributed by atoms with E-state index in [0.29, 0.717) is 16.8 Å². The number of nitrogens with one attached hydrogen (secondary N) is 1. The highest BCUT2D eigenvalue weighted by Gasteiger charge is 2.19. The average Bonchev–Trinajstić information content (AvgIpc) is 3.26. The monoisotopic (exact) mass is 421 g/mol. The molecule has 0 aliphatic rings. The van der Waals surface area contributed by atoms with Gasteiger partial charge in [0.25, 0.3) is 5.56 Å². The lowest BCUT2D eigenvalue weighted by atomic mass is 9.98. The number of carboxylic acid groups (broad SMARTS) is 1. The maximum Gasteiger partial charge on any atom is 0.353 e. The number of benzene rings is 3. The molecule has 156 valence electrons. The largest absolute Gasteiger partial charge is 0.477 e. The maximum absolute atomic E-state index is 13.4. The number of fused-ring (bicyclic) bond motifs is 1. The molecule has 3 aromatic carbocycles. The molecule has 0 radical (unpaired) electrons. The molecular formula is C26H19N3O3. The fourth-order valence-corrected chi connectivity index (χ4v) is 3.82. The second-order valence-corrected chi connectivity index (χ2v) is 7.53. The highest BCUT2D eigenvalue weighted by atomic mass is 16.4. The second kappa shape index (κ2) is 8.00. The van der Waals surface area contributed by atoms with Crippen LogP contribution in [-0.4, -0.2) is 25.7 Å². The Labute approximate surface area is 183 Å². The third-order valence-corrected chi connectivity index (χ3v) is 5.39. The van der Waals surface area contributed by atoms with E-state index in [2.05, 4.69) is 22.2 Å². The summed E-state index contributed by atoms with van der Waals surface area (Å²) in [5, 5.41) is 12.0. The Hall–Kier alpha value is -4.45. The van der Waals surface area contributed by atoms with Crippen LogP contribution in [0.2, 0.25) is 0 Å². The summed E-state index contributed by atoms with van der Waals surface area (Å²) < 4.78 is 1.18. The van der Waals surface area contributed by atoms with Crippen LogP contribution in [0.3, 0.4) is 0 Å². The van der Waals surface area contributed by atoms with Crippen molar-refractivity contribution in [1.29, 1.82) is 0 Å². The van der Waals surface area contributed by atoms with Gasteiger partial charge in [0.2, 0.25) is 0 Å². The van der Waals surface area contributed by atoms with E-state index < -0.39 is 5.97 Å². The minimum Gasteiger partial charge on any atom is -0.477 e. The quantitative estimate of drug-likeness (QED) is 0.433. The van der Waals surface area contributed by atoms with E-state index in [4.69, 9.17) is 0 Å². The standard InChI is InChI=1S/C26H19N3O3/c30-25-23(19-9-5-2-6-10-19)24(27-22-16-21(26(31)32)28-29(22)25)20-13-11-18(12-14-20)15-17-7-3-1-4-8-17/h1-14,16,28H,15H2,(H,31,32). The van der Waals surface area contributed by atoms with Crippen molar-refractivity contribution in [3.63, 3.8) is 0 Å². The highest BCUT2D eigenvalue weighted by molar-refractivity contribution is 5.87. The van der Waals surface area contributed by atoms with Gasteiger partial charge in [-0.2, -0.15) is 0 Å². The lowest BCUT2D eigenvalue weighted by molar-refractivity contribution is 0.0690. The van der Waals surface area contributed by atoms with E-state index in [1.165, 1.54) is 16.1 Å². The topological polar surface area (TPSA) is 87.5 Å². The molecule has 0 aliphatic carbocycles. The lowest BCUT2D eigenvalue weighted by Gasteiger charge is -2.10. The molecule has 5 aromatic rings. The number of hydrogen-bond acceptors (Lipinski definition) is 3. The molecule has 0 saturated carbocycles. The summed E-state index contributed by atoms with van der Waals surface area (Å²) in [6.45, 7) is 0. The van der Waals surface area contributed by atoms with Crippen molar-refractivity contribution in [1.82, 2.24) is 14.6 Å². The summed E-state index contributed by atoms with van der Waals surface area (Å²) in [5.41, 5.74) is 4.62. The van der Waals surface area contributed by atoms with Gasteiger partial charge in [0, 0.05) is 11.6 Å². The van der Waals surface area contributed by atoms with Crippen molar-refractivity contribution in [3.8, 4) is 22.4 Å². The summed E-state index contributed by atoms with van der Waals surface area (Å²) >= 11 is 0. The first kappa shape index (κ1) is 19.5. The molecule has 6 heteroatoms. The van der Waals surface area contributed by atoms with Crippen molar-refractivity contribution in [3.05, 3.63) is 118 Å². The average molecular weight is 421 g/mol. The Morgan fingerprint density at radius 1 is 0.844 bits per heavy atom. The Balaban J connectivity index is 1.65. The number of aromatic carboxylic acids is 1. The van der Waals surface area contributed by atoms with E-state index >= 15 is 0 Å². The molecular weight excluding hydrogens is 402 g/mol. The Morgan fingerprint density at radius 3 is 2.12 bits per heavy atom. The van der Waals surface area contributed by atoms with Gasteiger partial charge in [-0.1, -0.05) is 84.9 Å². The first-order valence-electron chi connectivity index (χ1n) is 10.2. The summed E-state index contributed by atoms with van der Waals surface area (Å²) in [6.07, 6.45) is 0.807. The van der Waals surface area contributed by atoms with E-state index in [9.17, 15) is 14.7 Å². The summed E-state index contributed by atoms with van der Waals surface area (Å²) in [4.78, 5) is 29.4. The molecule has 2 heterocycles. The van der Waals surface area contributed by atoms with E-state index in [-0.39, 0.29) is 16.9 Å². The van der Waals surface area contributed by atoms with Crippen LogP contribution in [0.25, 0.3) is 28.0 Å². The molecule has 0 aliphatic heterocycles. The van der Waals surface area contributed by atoms with Crippen LogP contribution >= 0.6 is 0 Å². The molecule has 2 N–H and O–H groups in total. The lowest BCUT2D eigenvalue weighted by Crippen LogP contribution is -2.19. The van der Waals surface area contributed by atoms with Gasteiger partial charge in [-0.15, -0.1) is 0 Å². The molecule has 6 nitrogen and oxygen atoms in total. The first-order valence-corrected chi connectivity index (χ1v) is 10.2. The van der Waals surface area contributed by atoms with Crippen molar-refractivity contribution in [2.45, 2.75) is 6.42 Å². The van der Waals surface area contributed by atoms with Gasteiger partial charge in [0.15, 0.2) is 5.65 Å². The van der Waals surface area contributed by atoms with Gasteiger partial charge in [0.05, 0.1) is 11.3 Å². The number of carbonyl (C=O) groups is 1. The molecule has 0 amide bonds. The van der Waals surface area contributed by atoms with Crippen LogP contribution in [-0.2, 0) is 6.42 Å². The molecule has 0 atom stereocenters. The Bertz CT molecular complexity index is 1470. The van der Waals surface area contributed by atoms with Crippen LogP contribution in [0, 0.1) is 0 Å². The summed E-state index contributed by atoms with van der Waals surface area (Å²) in [7, 11) is 0. The normalized spacial score (nSPS) is 11.0. The van der Waals surface area contributed by atoms with Crippen molar-refractivity contribution in [2.75, 3.05) is 0 Å². The van der Waals surface area contributed by atoms with E-state index in [0.717, 1.165) is 17.5 Å². The number of aromatic amines is 1. The predicted molar refractivity (Wildman–Crippen MR) is 123 cm³/mol. The molecule has 0 fully saturated rings. The highest BCUT2D eigenvalue weighted by Crippen LogP contribution is 2.29. The number of rotatable bonds is 5. The summed E-state index contributed by atoms with van der Waals surface area (Å²) in [5.74, 6) is -1.15. The molecule has 0 bridgehead atoms. The third kappa shape index (κ3) is 3.58. The minimum atomic E-state index is -1.15. The zero-order valence-corrected chi connectivity index (χ0v) is 17.0. The summed E-state index contributed by atoms with van der Waals surface area (Å²) in [6, 6.07) is 28.8. The molecule has 0 saturated heterocycles. The number of hydrogen-bond donors (Lipinski definition) is 2. The fraction of sp³-hybridized carbons (Fsp3) is 0.0385. The van der Waals surface area contributed by atoms with Gasteiger partial charge in [0.1, 0.15) is 5.69 Å². The van der Waals surface area contributed by atoms with Gasteiger partial charge in [-0.25, -0.2) is 14.3 Å². The minimum absolute atomic E-state index is 0.0935. The van der Waals surface area contributed by atoms with Crippen molar-refractivity contribution < 1.29 is 9.90 Å². The van der Waals surface area contributed by atoms with Crippen molar-refractivity contribution in [2.24, 2.45) is 0 Å². The van der Waals surface area contributed by atoms with E-state index in [1.54, 1.807) is 0 Å². The predicted octanol–water partition coefficient (Wildman–Crippen LogP) is 4.65. The van der Waals surface area contributed by atoms with Gasteiger partial charge >= 0.3 is 5.97 Å². The number of carboxylic acids is 1. The zero-order chi connectivity index (χ0) is 22.1. The molecule has 5 rings (SSSR count). The molecule has 0 spiro atoms. The van der Waals surface area contributed by atoms with Crippen LogP contribution in [0.1, 0.15) is 21.6 Å². The second-order valence-electron chi connectivity index (χ2n) is 7.53. The molecule has 0 unspecified atom stereocenters. The number of nitrogens with zero attached hydrogens (tertiary/aromatic N) is 2. The van der Waals surface area contributed by atoms with Crippen molar-refractivity contribution >= 4 is 11.6 Å². The van der Waals surface area contributed by atoms with Gasteiger partial charge in [-0.05, 0) is 23.1 Å². The Morgan fingerprint density at radius 2 is 1.47 bits per heavy atom. The number of aromatic nitrogens is 3. The fourth-order valence-electron chi connectivity index (χ4n) is 3.82. The smallest absolute Gasteiger partial charge is 0.353 e. The van der Waals surface area contributed by atoms with Crippen LogP contribution in [0.15, 0.2) is 95.8 Å². The van der Waals surface area contributed by atoms with Crippen LogP contribution in [0.5, 0.6) is 0 Å². The number of H-pyrrole nitrogens is 1. The van der Waals surface area contributed by atoms with Gasteiger partial charge < -0.3 is 5.11 Å². The zero-order valence-electron chi connectivity index (χ0n) is 17.0. The van der Waals surface area contributed by atoms with E-state index in [1.807, 2.05) is 72.8 Å². The first-order chi connectivity index (χ1) is 15.6. The van der Waals surface area contributed by atoms with Gasteiger partial charge in [-0.3, -0.25) is 9.89 Å². The molecule has 2 aromatic heterocycles. The third-order valence-electron chi connectivity index (χ3n) is 5.39. The van der Waals surface area contributed by atoms with Crippen LogP contribution in [0.4, 0.5) is 0 Å². The SMILES string of the molecule is O=C(O)c1cc2nc(-c3ccc(Cc4ccccc4)cc3)c(-c3ccccc3)c(=O)n2[nH]1. The molecule has 32 heavy (non-hydrogen) atoms.